The van der Waals surface area contributed by atoms with Gasteiger partial charge in [-0.05, 0) is 40.2 Å². The summed E-state index contributed by atoms with van der Waals surface area (Å²) in [6.07, 6.45) is 1.52. The Morgan fingerprint density at radius 1 is 1.21 bits per heavy atom. The largest absolute Gasteiger partial charge is 0.493 e. The zero-order valence-corrected chi connectivity index (χ0v) is 11.8. The fourth-order valence-electron chi connectivity index (χ4n) is 1.55. The molecule has 0 aliphatic heterocycles. The highest BCUT2D eigenvalue weighted by atomic mass is 79.9. The number of rotatable bonds is 4. The summed E-state index contributed by atoms with van der Waals surface area (Å²) in [6, 6.07) is 12.8. The van der Waals surface area contributed by atoms with Crippen LogP contribution >= 0.6 is 15.9 Å². The second-order valence-corrected chi connectivity index (χ2v) is 4.57. The zero-order valence-electron chi connectivity index (χ0n) is 10.2. The topological polar surface area (TPSA) is 33.6 Å². The monoisotopic (exact) mass is 322 g/mol. The zero-order chi connectivity index (χ0) is 13.7. The van der Waals surface area contributed by atoms with Crippen molar-refractivity contribution < 1.29 is 9.13 Å². The van der Waals surface area contributed by atoms with Gasteiger partial charge in [0, 0.05) is 5.56 Å². The Bertz CT molecular complexity index is 587. The number of methoxy groups -OCH3 is 1. The van der Waals surface area contributed by atoms with Crippen molar-refractivity contribution in [3.8, 4) is 5.75 Å². The maximum absolute atomic E-state index is 13.8. The second kappa shape index (κ2) is 6.33. The van der Waals surface area contributed by atoms with E-state index in [0.29, 0.717) is 10.0 Å². The minimum absolute atomic E-state index is 0.160. The van der Waals surface area contributed by atoms with Crippen molar-refractivity contribution in [2.75, 3.05) is 12.5 Å². The molecule has 0 saturated heterocycles. The molecule has 0 spiro atoms. The summed E-state index contributed by atoms with van der Waals surface area (Å²) < 4.78 is 19.2. The van der Waals surface area contributed by atoms with Crippen molar-refractivity contribution in [2.24, 2.45) is 5.10 Å². The van der Waals surface area contributed by atoms with Gasteiger partial charge >= 0.3 is 0 Å². The van der Waals surface area contributed by atoms with E-state index >= 15 is 0 Å². The van der Waals surface area contributed by atoms with E-state index in [0.717, 1.165) is 5.69 Å². The first-order chi connectivity index (χ1) is 9.22. The molecule has 0 saturated carbocycles. The lowest BCUT2D eigenvalue weighted by molar-refractivity contribution is 0.384. The number of hydrogen-bond donors (Lipinski definition) is 1. The van der Waals surface area contributed by atoms with Gasteiger partial charge in [0.05, 0.1) is 23.5 Å². The predicted molar refractivity (Wildman–Crippen MR) is 78.3 cm³/mol. The van der Waals surface area contributed by atoms with Crippen LogP contribution in [0.3, 0.4) is 0 Å². The Morgan fingerprint density at radius 2 is 1.95 bits per heavy atom. The molecule has 98 valence electrons. The molecule has 5 heteroatoms. The van der Waals surface area contributed by atoms with Crippen molar-refractivity contribution >= 4 is 27.8 Å². The Balaban J connectivity index is 2.17. The number of nitrogens with zero attached hydrogens (tertiary/aromatic N) is 1. The molecule has 0 aliphatic rings. The van der Waals surface area contributed by atoms with Gasteiger partial charge in [-0.3, -0.25) is 5.43 Å². The minimum atomic E-state index is -0.439. The molecule has 2 aromatic rings. The molecule has 0 heterocycles. The van der Waals surface area contributed by atoms with E-state index < -0.39 is 5.82 Å². The quantitative estimate of drug-likeness (QED) is 0.680. The van der Waals surface area contributed by atoms with Gasteiger partial charge in [-0.25, -0.2) is 4.39 Å². The standard InChI is InChI=1S/C14H12BrFN2O/c1-19-14-10(7-8-12(15)13(14)16)9-17-18-11-5-3-2-4-6-11/h2-9,18H,1H3. The van der Waals surface area contributed by atoms with E-state index in [4.69, 9.17) is 4.74 Å². The van der Waals surface area contributed by atoms with Crippen LogP contribution in [-0.4, -0.2) is 13.3 Å². The number of para-hydroxylation sites is 1. The number of ether oxygens (including phenoxy) is 1. The summed E-state index contributed by atoms with van der Waals surface area (Å²) in [5, 5.41) is 4.05. The lowest BCUT2D eigenvalue weighted by atomic mass is 10.2. The molecule has 1 N–H and O–H groups in total. The molecule has 2 aromatic carbocycles. The molecule has 2 rings (SSSR count). The molecule has 0 radical (unpaired) electrons. The second-order valence-electron chi connectivity index (χ2n) is 3.72. The van der Waals surface area contributed by atoms with Gasteiger partial charge in [-0.1, -0.05) is 18.2 Å². The molecule has 0 unspecified atom stereocenters. The van der Waals surface area contributed by atoms with Crippen molar-refractivity contribution in [3.63, 3.8) is 0 Å². The summed E-state index contributed by atoms with van der Waals surface area (Å²) in [5.41, 5.74) is 4.28. The van der Waals surface area contributed by atoms with Crippen LogP contribution in [-0.2, 0) is 0 Å². The van der Waals surface area contributed by atoms with Crippen LogP contribution in [0.1, 0.15) is 5.56 Å². The summed E-state index contributed by atoms with van der Waals surface area (Å²) >= 11 is 3.11. The first-order valence-electron chi connectivity index (χ1n) is 5.58. The van der Waals surface area contributed by atoms with Crippen molar-refractivity contribution in [3.05, 3.63) is 58.3 Å². The van der Waals surface area contributed by atoms with Crippen LogP contribution in [0.15, 0.2) is 52.0 Å². The van der Waals surface area contributed by atoms with Crippen molar-refractivity contribution in [1.82, 2.24) is 0 Å². The van der Waals surface area contributed by atoms with E-state index in [2.05, 4.69) is 26.5 Å². The van der Waals surface area contributed by atoms with E-state index in [1.807, 2.05) is 30.3 Å². The highest BCUT2D eigenvalue weighted by molar-refractivity contribution is 9.10. The van der Waals surface area contributed by atoms with Crippen LogP contribution in [0, 0.1) is 5.82 Å². The number of benzene rings is 2. The van der Waals surface area contributed by atoms with Crippen LogP contribution in [0.4, 0.5) is 10.1 Å². The van der Waals surface area contributed by atoms with Gasteiger partial charge in [-0.2, -0.15) is 5.10 Å². The van der Waals surface area contributed by atoms with E-state index in [-0.39, 0.29) is 5.75 Å². The molecule has 0 atom stereocenters. The van der Waals surface area contributed by atoms with Crippen LogP contribution < -0.4 is 10.2 Å². The van der Waals surface area contributed by atoms with Gasteiger partial charge in [0.25, 0.3) is 0 Å². The number of anilines is 1. The van der Waals surface area contributed by atoms with Crippen LogP contribution in [0.5, 0.6) is 5.75 Å². The Morgan fingerprint density at radius 3 is 2.63 bits per heavy atom. The van der Waals surface area contributed by atoms with Gasteiger partial charge in [0.15, 0.2) is 11.6 Å². The Kier molecular flexibility index (Phi) is 4.52. The predicted octanol–water partition coefficient (Wildman–Crippen LogP) is 4.04. The third-order valence-electron chi connectivity index (χ3n) is 2.46. The molecule has 3 nitrogen and oxygen atoms in total. The number of hydrazone groups is 1. The van der Waals surface area contributed by atoms with Gasteiger partial charge in [0.2, 0.25) is 0 Å². The van der Waals surface area contributed by atoms with Gasteiger partial charge in [0.1, 0.15) is 0 Å². The third-order valence-corrected chi connectivity index (χ3v) is 3.07. The van der Waals surface area contributed by atoms with Gasteiger partial charge < -0.3 is 4.74 Å². The number of hydrogen-bond acceptors (Lipinski definition) is 3. The van der Waals surface area contributed by atoms with Gasteiger partial charge in [-0.15, -0.1) is 0 Å². The summed E-state index contributed by atoms with van der Waals surface area (Å²) in [4.78, 5) is 0. The summed E-state index contributed by atoms with van der Waals surface area (Å²) in [7, 11) is 1.42. The van der Waals surface area contributed by atoms with Crippen LogP contribution in [0.25, 0.3) is 0 Å². The third kappa shape index (κ3) is 3.32. The fraction of sp³-hybridized carbons (Fsp3) is 0.0714. The maximum Gasteiger partial charge on any atom is 0.179 e. The smallest absolute Gasteiger partial charge is 0.179 e. The molecular weight excluding hydrogens is 311 g/mol. The normalized spacial score (nSPS) is 10.7. The summed E-state index contributed by atoms with van der Waals surface area (Å²) in [6.45, 7) is 0. The average molecular weight is 323 g/mol. The van der Waals surface area contributed by atoms with E-state index in [1.54, 1.807) is 12.1 Å². The number of halogens is 2. The Labute approximate surface area is 119 Å². The molecule has 0 aromatic heterocycles. The minimum Gasteiger partial charge on any atom is -0.493 e. The number of nitrogens with one attached hydrogen (secondary N) is 1. The highest BCUT2D eigenvalue weighted by Gasteiger charge is 2.10. The molecule has 0 aliphatic carbocycles. The first kappa shape index (κ1) is 13.5. The molecule has 19 heavy (non-hydrogen) atoms. The van der Waals surface area contributed by atoms with E-state index in [9.17, 15) is 4.39 Å². The molecule has 0 fully saturated rings. The van der Waals surface area contributed by atoms with Crippen molar-refractivity contribution in [2.45, 2.75) is 0 Å². The highest BCUT2D eigenvalue weighted by Crippen LogP contribution is 2.27. The molecule has 0 bridgehead atoms. The maximum atomic E-state index is 13.8. The lowest BCUT2D eigenvalue weighted by Gasteiger charge is -2.07. The first-order valence-corrected chi connectivity index (χ1v) is 6.38. The van der Waals surface area contributed by atoms with E-state index in [1.165, 1.54) is 13.3 Å². The molecule has 0 amide bonds. The van der Waals surface area contributed by atoms with Crippen molar-refractivity contribution in [1.29, 1.82) is 0 Å². The Hall–Kier alpha value is -1.88. The average Bonchev–Trinajstić information content (AvgIpc) is 2.44. The van der Waals surface area contributed by atoms with Crippen LogP contribution in [0.2, 0.25) is 0 Å². The lowest BCUT2D eigenvalue weighted by Crippen LogP contribution is -1.97. The SMILES string of the molecule is COc1c(C=NNc2ccccc2)ccc(Br)c1F. The summed E-state index contributed by atoms with van der Waals surface area (Å²) in [5.74, 6) is -0.279. The fourth-order valence-corrected chi connectivity index (χ4v) is 1.86. The molecular formula is C14H12BrFN2O.